The molecule has 0 radical (unpaired) electrons. The monoisotopic (exact) mass is 309 g/mol. The Morgan fingerprint density at radius 2 is 2.38 bits per heavy atom. The molecule has 2 heterocycles. The number of fused-ring (bicyclic) bond motifs is 1. The standard InChI is InChI=1S/C15H16FNO3S/c1-9-15(19,4-5-20-9)8-17-14(18)13-7-10-6-11(16)2-3-12(10)21-13/h2-3,6-7,9,19H,4-5,8H2,1H3,(H,17,18). The van der Waals surface area contributed by atoms with Crippen LogP contribution in [0.15, 0.2) is 24.3 Å². The van der Waals surface area contributed by atoms with Crippen molar-refractivity contribution >= 4 is 27.3 Å². The van der Waals surface area contributed by atoms with E-state index in [2.05, 4.69) is 5.32 Å². The number of amides is 1. The van der Waals surface area contributed by atoms with Crippen LogP contribution in [0.5, 0.6) is 0 Å². The van der Waals surface area contributed by atoms with Gasteiger partial charge in [-0.1, -0.05) is 0 Å². The van der Waals surface area contributed by atoms with Crippen LogP contribution < -0.4 is 5.32 Å². The average molecular weight is 309 g/mol. The van der Waals surface area contributed by atoms with Gasteiger partial charge in [0.1, 0.15) is 11.4 Å². The second-order valence-electron chi connectivity index (χ2n) is 5.34. The summed E-state index contributed by atoms with van der Waals surface area (Å²) in [5.41, 5.74) is -1.02. The number of benzene rings is 1. The molecule has 0 spiro atoms. The predicted molar refractivity (Wildman–Crippen MR) is 79.1 cm³/mol. The van der Waals surface area contributed by atoms with E-state index in [1.165, 1.54) is 23.5 Å². The van der Waals surface area contributed by atoms with E-state index in [-0.39, 0.29) is 24.4 Å². The zero-order chi connectivity index (χ0) is 15.0. The fraction of sp³-hybridized carbons (Fsp3) is 0.400. The van der Waals surface area contributed by atoms with Crippen LogP contribution in [0.2, 0.25) is 0 Å². The number of halogens is 1. The molecule has 2 N–H and O–H groups in total. The Hall–Kier alpha value is -1.50. The minimum Gasteiger partial charge on any atom is -0.385 e. The molecule has 1 aliphatic rings. The van der Waals surface area contributed by atoms with Crippen LogP contribution in [-0.4, -0.2) is 35.9 Å². The topological polar surface area (TPSA) is 58.6 Å². The molecule has 2 atom stereocenters. The predicted octanol–water partition coefficient (Wildman–Crippen LogP) is 2.31. The molecule has 3 rings (SSSR count). The van der Waals surface area contributed by atoms with Crippen molar-refractivity contribution in [2.75, 3.05) is 13.2 Å². The summed E-state index contributed by atoms with van der Waals surface area (Å²) in [4.78, 5) is 12.7. The van der Waals surface area contributed by atoms with Crippen molar-refractivity contribution in [2.24, 2.45) is 0 Å². The van der Waals surface area contributed by atoms with E-state index in [0.717, 1.165) is 4.70 Å². The first-order chi connectivity index (χ1) is 9.98. The highest BCUT2D eigenvalue weighted by Gasteiger charge is 2.39. The first kappa shape index (κ1) is 14.4. The largest absolute Gasteiger partial charge is 0.385 e. The van der Waals surface area contributed by atoms with Crippen molar-refractivity contribution in [3.05, 3.63) is 35.0 Å². The van der Waals surface area contributed by atoms with Gasteiger partial charge in [0.15, 0.2) is 0 Å². The minimum atomic E-state index is -1.02. The third-order valence-corrected chi connectivity index (χ3v) is 5.03. The summed E-state index contributed by atoms with van der Waals surface area (Å²) in [6.45, 7) is 2.44. The molecule has 1 fully saturated rings. The summed E-state index contributed by atoms with van der Waals surface area (Å²) in [6, 6.07) is 6.10. The number of aliphatic hydroxyl groups is 1. The smallest absolute Gasteiger partial charge is 0.261 e. The third-order valence-electron chi connectivity index (χ3n) is 3.92. The lowest BCUT2D eigenvalue weighted by atomic mass is 9.97. The van der Waals surface area contributed by atoms with Crippen LogP contribution in [0.1, 0.15) is 23.0 Å². The van der Waals surface area contributed by atoms with E-state index in [4.69, 9.17) is 4.74 Å². The van der Waals surface area contributed by atoms with E-state index >= 15 is 0 Å². The Morgan fingerprint density at radius 3 is 3.10 bits per heavy atom. The van der Waals surface area contributed by atoms with Gasteiger partial charge >= 0.3 is 0 Å². The van der Waals surface area contributed by atoms with Crippen LogP contribution in [-0.2, 0) is 4.74 Å². The first-order valence-corrected chi connectivity index (χ1v) is 7.61. The number of nitrogens with one attached hydrogen (secondary N) is 1. The van der Waals surface area contributed by atoms with E-state index in [9.17, 15) is 14.3 Å². The fourth-order valence-corrected chi connectivity index (χ4v) is 3.41. The number of thiophene rings is 1. The number of ether oxygens (including phenoxy) is 1. The van der Waals surface area contributed by atoms with Crippen LogP contribution in [0.25, 0.3) is 10.1 Å². The lowest BCUT2D eigenvalue weighted by Crippen LogP contribution is -2.47. The number of hydrogen-bond acceptors (Lipinski definition) is 4. The van der Waals surface area contributed by atoms with Crippen molar-refractivity contribution in [3.63, 3.8) is 0 Å². The summed E-state index contributed by atoms with van der Waals surface area (Å²) in [6.07, 6.45) is 0.209. The summed E-state index contributed by atoms with van der Waals surface area (Å²) in [7, 11) is 0. The second-order valence-corrected chi connectivity index (χ2v) is 6.43. The van der Waals surface area contributed by atoms with Gasteiger partial charge in [-0.2, -0.15) is 0 Å². The quantitative estimate of drug-likeness (QED) is 0.915. The van der Waals surface area contributed by atoms with Gasteiger partial charge in [-0.15, -0.1) is 11.3 Å². The van der Waals surface area contributed by atoms with Crippen molar-refractivity contribution in [1.82, 2.24) is 5.32 Å². The highest BCUT2D eigenvalue weighted by atomic mass is 32.1. The van der Waals surface area contributed by atoms with Gasteiger partial charge in [-0.25, -0.2) is 4.39 Å². The van der Waals surface area contributed by atoms with Crippen LogP contribution in [0, 0.1) is 5.82 Å². The molecule has 2 unspecified atom stereocenters. The molecule has 0 bridgehead atoms. The molecule has 4 nitrogen and oxygen atoms in total. The maximum absolute atomic E-state index is 13.2. The molecule has 1 saturated heterocycles. The lowest BCUT2D eigenvalue weighted by Gasteiger charge is -2.25. The van der Waals surface area contributed by atoms with Gasteiger partial charge in [0.05, 0.1) is 11.0 Å². The fourth-order valence-electron chi connectivity index (χ4n) is 2.45. The van der Waals surface area contributed by atoms with Crippen molar-refractivity contribution in [2.45, 2.75) is 25.0 Å². The Morgan fingerprint density at radius 1 is 1.57 bits per heavy atom. The Bertz CT molecular complexity index is 687. The highest BCUT2D eigenvalue weighted by Crippen LogP contribution is 2.27. The van der Waals surface area contributed by atoms with Crippen LogP contribution in [0.3, 0.4) is 0 Å². The molecule has 1 aliphatic heterocycles. The van der Waals surface area contributed by atoms with E-state index in [1.54, 1.807) is 19.1 Å². The molecule has 6 heteroatoms. The average Bonchev–Trinajstić information content (AvgIpc) is 3.01. The normalized spacial score (nSPS) is 25.4. The maximum Gasteiger partial charge on any atom is 0.261 e. The van der Waals surface area contributed by atoms with Gasteiger partial charge in [-0.3, -0.25) is 4.79 Å². The van der Waals surface area contributed by atoms with Crippen molar-refractivity contribution < 1.29 is 19.0 Å². The molecule has 1 aromatic carbocycles. The van der Waals surface area contributed by atoms with Crippen molar-refractivity contribution in [1.29, 1.82) is 0 Å². The molecular formula is C15H16FNO3S. The Balaban J connectivity index is 1.72. The van der Waals surface area contributed by atoms with E-state index in [1.807, 2.05) is 0 Å². The third kappa shape index (κ3) is 2.79. The summed E-state index contributed by atoms with van der Waals surface area (Å²) in [5.74, 6) is -0.581. The molecule has 0 saturated carbocycles. The summed E-state index contributed by atoms with van der Waals surface area (Å²) < 4.78 is 19.3. The Kier molecular flexibility index (Phi) is 3.69. The molecule has 1 aromatic heterocycles. The maximum atomic E-state index is 13.2. The number of carbonyl (C=O) groups excluding carboxylic acids is 1. The highest BCUT2D eigenvalue weighted by molar-refractivity contribution is 7.20. The van der Waals surface area contributed by atoms with Gasteiger partial charge in [0, 0.05) is 24.3 Å². The van der Waals surface area contributed by atoms with Crippen LogP contribution >= 0.6 is 11.3 Å². The van der Waals surface area contributed by atoms with Crippen molar-refractivity contribution in [3.8, 4) is 0 Å². The summed E-state index contributed by atoms with van der Waals surface area (Å²) >= 11 is 1.30. The molecular weight excluding hydrogens is 293 g/mol. The Labute approximate surface area is 125 Å². The zero-order valence-electron chi connectivity index (χ0n) is 11.6. The SMILES string of the molecule is CC1OCCC1(O)CNC(=O)c1cc2cc(F)ccc2s1. The number of carbonyl (C=O) groups is 1. The first-order valence-electron chi connectivity index (χ1n) is 6.79. The second kappa shape index (κ2) is 5.36. The molecule has 0 aliphatic carbocycles. The molecule has 2 aromatic rings. The number of hydrogen-bond donors (Lipinski definition) is 2. The molecule has 21 heavy (non-hydrogen) atoms. The van der Waals surface area contributed by atoms with E-state index < -0.39 is 5.60 Å². The van der Waals surface area contributed by atoms with E-state index in [0.29, 0.717) is 23.3 Å². The summed E-state index contributed by atoms with van der Waals surface area (Å²) in [5, 5.41) is 13.8. The lowest BCUT2D eigenvalue weighted by molar-refractivity contribution is -0.0251. The molecule has 1 amide bonds. The van der Waals surface area contributed by atoms with Gasteiger partial charge < -0.3 is 15.2 Å². The van der Waals surface area contributed by atoms with Gasteiger partial charge in [-0.05, 0) is 36.6 Å². The van der Waals surface area contributed by atoms with Gasteiger partial charge in [0.25, 0.3) is 5.91 Å². The zero-order valence-corrected chi connectivity index (χ0v) is 12.4. The molecule has 112 valence electrons. The van der Waals surface area contributed by atoms with Gasteiger partial charge in [0.2, 0.25) is 0 Å². The minimum absolute atomic E-state index is 0.148. The van der Waals surface area contributed by atoms with Crippen LogP contribution in [0.4, 0.5) is 4.39 Å². The number of rotatable bonds is 3.